The Labute approximate surface area is 127 Å². The number of carbonyl (C=O) groups excluding carboxylic acids is 1. The zero-order valence-electron chi connectivity index (χ0n) is 11.9. The molecule has 1 aromatic rings. The molecule has 0 aliphatic heterocycles. The Morgan fingerprint density at radius 3 is 2.05 bits per heavy atom. The molecule has 0 radical (unpaired) electrons. The number of carbonyl (C=O) groups is 3. The van der Waals surface area contributed by atoms with E-state index < -0.39 is 29.9 Å². The highest BCUT2D eigenvalue weighted by molar-refractivity contribution is 5.77. The van der Waals surface area contributed by atoms with Crippen LogP contribution in [0.15, 0.2) is 30.3 Å². The summed E-state index contributed by atoms with van der Waals surface area (Å²) >= 11 is 0. The maximum Gasteiger partial charge on any atom is 0.322 e. The number of aliphatic carboxylic acids is 2. The molecule has 8 nitrogen and oxygen atoms in total. The zero-order valence-corrected chi connectivity index (χ0v) is 11.9. The highest BCUT2D eigenvalue weighted by Crippen LogP contribution is 2.04. The molecule has 0 bridgehead atoms. The molecule has 6 N–H and O–H groups in total. The number of nitrogens with two attached hydrogens (primary N) is 1. The van der Waals surface area contributed by atoms with Gasteiger partial charge in [-0.3, -0.25) is 14.4 Å². The van der Waals surface area contributed by atoms with Crippen LogP contribution in [0.5, 0.6) is 0 Å². The van der Waals surface area contributed by atoms with E-state index >= 15 is 0 Å². The predicted molar refractivity (Wildman–Crippen MR) is 77.7 cm³/mol. The van der Waals surface area contributed by atoms with Crippen LogP contribution in [0.4, 0.5) is 0 Å². The van der Waals surface area contributed by atoms with E-state index in [1.165, 1.54) is 0 Å². The van der Waals surface area contributed by atoms with E-state index in [4.69, 9.17) is 10.8 Å². The molecule has 1 aromatic carbocycles. The Hall–Kier alpha value is -2.45. The lowest BCUT2D eigenvalue weighted by Gasteiger charge is -2.19. The van der Waals surface area contributed by atoms with Crippen LogP contribution < -0.4 is 16.6 Å². The van der Waals surface area contributed by atoms with E-state index in [0.29, 0.717) is 0 Å². The molecule has 8 heteroatoms. The number of benzene rings is 1. The van der Waals surface area contributed by atoms with Gasteiger partial charge in [-0.15, -0.1) is 0 Å². The quantitative estimate of drug-likeness (QED) is 0.367. The molecule has 0 saturated heterocycles. The lowest BCUT2D eigenvalue weighted by atomic mass is 10.1. The van der Waals surface area contributed by atoms with Crippen LogP contribution in [-0.2, 0) is 20.8 Å². The van der Waals surface area contributed by atoms with Crippen molar-refractivity contribution in [3.8, 4) is 0 Å². The molecule has 0 aromatic heterocycles. The average Bonchev–Trinajstić information content (AvgIpc) is 2.46. The molecule has 0 aliphatic carbocycles. The van der Waals surface area contributed by atoms with Crippen molar-refractivity contribution in [2.45, 2.75) is 31.3 Å². The summed E-state index contributed by atoms with van der Waals surface area (Å²) in [5.41, 5.74) is 10.7. The summed E-state index contributed by atoms with van der Waals surface area (Å²) < 4.78 is 0. The number of rotatable bonds is 10. The highest BCUT2D eigenvalue weighted by atomic mass is 16.4. The number of hydrazine groups is 1. The van der Waals surface area contributed by atoms with Gasteiger partial charge in [0.25, 0.3) is 0 Å². The van der Waals surface area contributed by atoms with Gasteiger partial charge in [0.05, 0.1) is 0 Å². The summed E-state index contributed by atoms with van der Waals surface area (Å²) in [5.74, 6) is -2.93. The van der Waals surface area contributed by atoms with Gasteiger partial charge in [-0.2, -0.15) is 0 Å². The Kier molecular flexibility index (Phi) is 7.00. The molecule has 0 aliphatic rings. The second kappa shape index (κ2) is 8.75. The maximum atomic E-state index is 11.2. The third-order valence-corrected chi connectivity index (χ3v) is 2.99. The average molecular weight is 309 g/mol. The third kappa shape index (κ3) is 6.33. The van der Waals surface area contributed by atoms with Crippen LogP contribution >= 0.6 is 0 Å². The van der Waals surface area contributed by atoms with Crippen molar-refractivity contribution in [1.29, 1.82) is 0 Å². The number of hydrogen-bond donors (Lipinski definition) is 5. The van der Waals surface area contributed by atoms with Crippen molar-refractivity contribution in [2.24, 2.45) is 5.73 Å². The Balaban J connectivity index is 2.60. The molecule has 1 amide bonds. The van der Waals surface area contributed by atoms with E-state index in [1.54, 1.807) is 24.3 Å². The molecular weight excluding hydrogens is 290 g/mol. The minimum Gasteiger partial charge on any atom is -0.480 e. The van der Waals surface area contributed by atoms with Crippen LogP contribution in [-0.4, -0.2) is 40.1 Å². The molecule has 0 heterocycles. The molecule has 0 saturated carbocycles. The molecular formula is C14H19N3O5. The topological polar surface area (TPSA) is 142 Å². The van der Waals surface area contributed by atoms with Gasteiger partial charge < -0.3 is 15.9 Å². The zero-order chi connectivity index (χ0) is 16.5. The standard InChI is InChI=1S/C14H19N3O5/c15-12(18)7-6-10(13(19)20)16-17-11(14(21)22)8-9-4-2-1-3-5-9/h1-5,10-11,16-17H,6-8H2,(H2,15,18)(H,19,20)(H,21,22)/t10-,11-/m0/s1. The first-order valence-electron chi connectivity index (χ1n) is 6.69. The van der Waals surface area contributed by atoms with Crippen LogP contribution in [0.3, 0.4) is 0 Å². The minimum absolute atomic E-state index is 0.0324. The number of hydrogen-bond acceptors (Lipinski definition) is 5. The van der Waals surface area contributed by atoms with Crippen LogP contribution in [0.1, 0.15) is 18.4 Å². The van der Waals surface area contributed by atoms with Crippen molar-refractivity contribution >= 4 is 17.8 Å². The summed E-state index contributed by atoms with van der Waals surface area (Å²) in [4.78, 5) is 33.0. The van der Waals surface area contributed by atoms with Crippen LogP contribution in [0, 0.1) is 0 Å². The van der Waals surface area contributed by atoms with Gasteiger partial charge in [0.15, 0.2) is 0 Å². The maximum absolute atomic E-state index is 11.2. The van der Waals surface area contributed by atoms with E-state index in [9.17, 15) is 19.5 Å². The van der Waals surface area contributed by atoms with Crippen molar-refractivity contribution in [2.75, 3.05) is 0 Å². The number of primary amides is 1. The van der Waals surface area contributed by atoms with E-state index in [0.717, 1.165) is 5.56 Å². The molecule has 0 unspecified atom stereocenters. The van der Waals surface area contributed by atoms with Gasteiger partial charge in [0.2, 0.25) is 5.91 Å². The molecule has 22 heavy (non-hydrogen) atoms. The molecule has 0 fully saturated rings. The first-order valence-corrected chi connectivity index (χ1v) is 6.69. The first kappa shape index (κ1) is 17.6. The largest absolute Gasteiger partial charge is 0.480 e. The Morgan fingerprint density at radius 1 is 1.00 bits per heavy atom. The predicted octanol–water partition coefficient (Wildman–Crippen LogP) is -0.505. The lowest BCUT2D eigenvalue weighted by molar-refractivity contribution is -0.143. The normalized spacial score (nSPS) is 13.3. The second-order valence-electron chi connectivity index (χ2n) is 4.77. The molecule has 2 atom stereocenters. The summed E-state index contributed by atoms with van der Waals surface area (Å²) in [6.07, 6.45) is 0.0444. The first-order chi connectivity index (χ1) is 10.4. The van der Waals surface area contributed by atoms with Crippen molar-refractivity contribution in [1.82, 2.24) is 10.9 Å². The number of carboxylic acids is 2. The fraction of sp³-hybridized carbons (Fsp3) is 0.357. The SMILES string of the molecule is NC(=O)CC[C@H](NN[C@@H](Cc1ccccc1)C(=O)O)C(=O)O. The summed E-state index contributed by atoms with van der Waals surface area (Å²) in [5, 5.41) is 18.2. The number of nitrogens with one attached hydrogen (secondary N) is 2. The van der Waals surface area contributed by atoms with Gasteiger partial charge in [0.1, 0.15) is 12.1 Å². The van der Waals surface area contributed by atoms with Gasteiger partial charge in [-0.25, -0.2) is 10.9 Å². The van der Waals surface area contributed by atoms with Crippen molar-refractivity contribution < 1.29 is 24.6 Å². The fourth-order valence-electron chi connectivity index (χ4n) is 1.80. The minimum atomic E-state index is -1.20. The van der Waals surface area contributed by atoms with Gasteiger partial charge in [-0.05, 0) is 18.4 Å². The van der Waals surface area contributed by atoms with Gasteiger partial charge >= 0.3 is 11.9 Å². The van der Waals surface area contributed by atoms with Crippen LogP contribution in [0.25, 0.3) is 0 Å². The molecule has 0 spiro atoms. The summed E-state index contributed by atoms with van der Waals surface area (Å²) in [6.45, 7) is 0. The summed E-state index contributed by atoms with van der Waals surface area (Å²) in [7, 11) is 0. The van der Waals surface area contributed by atoms with E-state index in [-0.39, 0.29) is 19.3 Å². The number of amides is 1. The molecule has 1 rings (SSSR count). The smallest absolute Gasteiger partial charge is 0.322 e. The Bertz CT molecular complexity index is 520. The highest BCUT2D eigenvalue weighted by Gasteiger charge is 2.22. The van der Waals surface area contributed by atoms with Crippen molar-refractivity contribution in [3.05, 3.63) is 35.9 Å². The van der Waals surface area contributed by atoms with E-state index in [2.05, 4.69) is 10.9 Å². The Morgan fingerprint density at radius 2 is 1.55 bits per heavy atom. The molecule has 120 valence electrons. The van der Waals surface area contributed by atoms with Gasteiger partial charge in [0, 0.05) is 6.42 Å². The van der Waals surface area contributed by atoms with E-state index in [1.807, 2.05) is 6.07 Å². The fourth-order valence-corrected chi connectivity index (χ4v) is 1.80. The van der Waals surface area contributed by atoms with Gasteiger partial charge in [-0.1, -0.05) is 30.3 Å². The third-order valence-electron chi connectivity index (χ3n) is 2.99. The second-order valence-corrected chi connectivity index (χ2v) is 4.77. The monoisotopic (exact) mass is 309 g/mol. The summed E-state index contributed by atoms with van der Waals surface area (Å²) in [6, 6.07) is 6.83. The van der Waals surface area contributed by atoms with Crippen LogP contribution in [0.2, 0.25) is 0 Å². The van der Waals surface area contributed by atoms with Crippen molar-refractivity contribution in [3.63, 3.8) is 0 Å². The number of carboxylic acid groups (broad SMARTS) is 2. The lowest BCUT2D eigenvalue weighted by Crippen LogP contribution is -2.53.